The minimum Gasteiger partial charge on any atom is -0.482 e. The van der Waals surface area contributed by atoms with Gasteiger partial charge in [0.25, 0.3) is 5.91 Å². The molecule has 1 heterocycles. The maximum absolute atomic E-state index is 12.1. The van der Waals surface area contributed by atoms with Gasteiger partial charge in [0.1, 0.15) is 5.75 Å². The van der Waals surface area contributed by atoms with Gasteiger partial charge in [0.2, 0.25) is 0 Å². The Morgan fingerprint density at radius 3 is 2.75 bits per heavy atom. The average Bonchev–Trinajstić information content (AvgIpc) is 2.53. The number of hydrogen-bond acceptors (Lipinski definition) is 4. The predicted octanol–water partition coefficient (Wildman–Crippen LogP) is 1.74. The number of aliphatic hydroxyl groups is 1. The van der Waals surface area contributed by atoms with Gasteiger partial charge in [-0.15, -0.1) is 0 Å². The Hall–Kier alpha value is -1.62. The van der Waals surface area contributed by atoms with Gasteiger partial charge in [-0.05, 0) is 25.0 Å². The van der Waals surface area contributed by atoms with Crippen molar-refractivity contribution in [3.05, 3.63) is 24.0 Å². The average molecular weight is 278 g/mol. The molecule has 0 atom stereocenters. The van der Waals surface area contributed by atoms with Gasteiger partial charge in [0.05, 0.1) is 18.5 Å². The summed E-state index contributed by atoms with van der Waals surface area (Å²) in [5.41, 5.74) is 0.586. The van der Waals surface area contributed by atoms with Crippen LogP contribution in [0.2, 0.25) is 0 Å². The summed E-state index contributed by atoms with van der Waals surface area (Å²) in [6.45, 7) is -0.0588. The standard InChI is InChI=1S/C15H22N2O3/c1-17(13-5-3-2-4-6-13)15(19)11-20-14-8-7-12(10-18)16-9-14/h7-9,13,18H,2-6,10-11H2,1H3. The van der Waals surface area contributed by atoms with Crippen molar-refractivity contribution >= 4 is 5.91 Å². The molecular formula is C15H22N2O3. The highest BCUT2D eigenvalue weighted by atomic mass is 16.5. The van der Waals surface area contributed by atoms with Crippen LogP contribution in [0.5, 0.6) is 5.75 Å². The SMILES string of the molecule is CN(C(=O)COc1ccc(CO)nc1)C1CCCCC1. The van der Waals surface area contributed by atoms with Gasteiger partial charge in [-0.25, -0.2) is 0 Å². The number of carbonyl (C=O) groups is 1. The summed E-state index contributed by atoms with van der Waals surface area (Å²) in [5.74, 6) is 0.552. The lowest BCUT2D eigenvalue weighted by Crippen LogP contribution is -2.40. The van der Waals surface area contributed by atoms with Crippen LogP contribution in [-0.4, -0.2) is 40.6 Å². The molecule has 1 aliphatic carbocycles. The Bertz CT molecular complexity index is 427. The van der Waals surface area contributed by atoms with Crippen molar-refractivity contribution in [1.82, 2.24) is 9.88 Å². The number of aromatic nitrogens is 1. The van der Waals surface area contributed by atoms with Crippen LogP contribution in [0.1, 0.15) is 37.8 Å². The van der Waals surface area contributed by atoms with Crippen LogP contribution in [0.4, 0.5) is 0 Å². The van der Waals surface area contributed by atoms with E-state index < -0.39 is 0 Å². The molecule has 1 fully saturated rings. The first kappa shape index (κ1) is 14.8. The third kappa shape index (κ3) is 3.93. The molecule has 0 unspecified atom stereocenters. The lowest BCUT2D eigenvalue weighted by molar-refractivity contribution is -0.134. The van der Waals surface area contributed by atoms with Crippen LogP contribution in [-0.2, 0) is 11.4 Å². The molecule has 0 saturated heterocycles. The fourth-order valence-electron chi connectivity index (χ4n) is 2.51. The molecule has 0 bridgehead atoms. The first-order valence-electron chi connectivity index (χ1n) is 7.15. The maximum Gasteiger partial charge on any atom is 0.260 e. The maximum atomic E-state index is 12.1. The van der Waals surface area contributed by atoms with Gasteiger partial charge < -0.3 is 14.7 Å². The molecule has 1 saturated carbocycles. The summed E-state index contributed by atoms with van der Waals surface area (Å²) in [6, 6.07) is 3.76. The van der Waals surface area contributed by atoms with Gasteiger partial charge in [-0.2, -0.15) is 0 Å². The zero-order valence-electron chi connectivity index (χ0n) is 11.9. The largest absolute Gasteiger partial charge is 0.482 e. The molecule has 0 spiro atoms. The Balaban J connectivity index is 1.81. The first-order valence-corrected chi connectivity index (χ1v) is 7.15. The second-order valence-electron chi connectivity index (χ2n) is 5.23. The molecule has 1 aromatic heterocycles. The van der Waals surface area contributed by atoms with Crippen LogP contribution in [0.15, 0.2) is 18.3 Å². The van der Waals surface area contributed by atoms with E-state index in [1.54, 1.807) is 12.1 Å². The Morgan fingerprint density at radius 2 is 2.15 bits per heavy atom. The molecule has 1 aliphatic rings. The Morgan fingerprint density at radius 1 is 1.40 bits per heavy atom. The zero-order valence-corrected chi connectivity index (χ0v) is 11.9. The van der Waals surface area contributed by atoms with E-state index in [2.05, 4.69) is 4.98 Å². The molecule has 5 nitrogen and oxygen atoms in total. The van der Waals surface area contributed by atoms with Crippen molar-refractivity contribution in [1.29, 1.82) is 0 Å². The molecule has 5 heteroatoms. The summed E-state index contributed by atoms with van der Waals surface area (Å²) < 4.78 is 5.44. The van der Waals surface area contributed by atoms with E-state index in [4.69, 9.17) is 9.84 Å². The van der Waals surface area contributed by atoms with Gasteiger partial charge in [-0.3, -0.25) is 9.78 Å². The second-order valence-corrected chi connectivity index (χ2v) is 5.23. The molecule has 1 aromatic rings. The lowest BCUT2D eigenvalue weighted by atomic mass is 9.94. The molecule has 1 amide bonds. The van der Waals surface area contributed by atoms with E-state index in [0.717, 1.165) is 12.8 Å². The van der Waals surface area contributed by atoms with Gasteiger partial charge in [-0.1, -0.05) is 19.3 Å². The van der Waals surface area contributed by atoms with Crippen LogP contribution in [0.3, 0.4) is 0 Å². The van der Waals surface area contributed by atoms with Gasteiger partial charge in [0, 0.05) is 13.1 Å². The number of likely N-dealkylation sites (N-methyl/N-ethyl adjacent to an activating group) is 1. The number of nitrogens with zero attached hydrogens (tertiary/aromatic N) is 2. The Labute approximate surface area is 119 Å². The van der Waals surface area contributed by atoms with Crippen LogP contribution in [0, 0.1) is 0 Å². The topological polar surface area (TPSA) is 62.7 Å². The minimum absolute atomic E-state index is 0.00290. The van der Waals surface area contributed by atoms with Gasteiger partial charge in [0.15, 0.2) is 6.61 Å². The minimum atomic E-state index is -0.0936. The normalized spacial score (nSPS) is 15.9. The van der Waals surface area contributed by atoms with Crippen molar-refractivity contribution in [3.8, 4) is 5.75 Å². The van der Waals surface area contributed by atoms with E-state index in [-0.39, 0.29) is 19.1 Å². The number of hydrogen-bond donors (Lipinski definition) is 1. The third-order valence-electron chi connectivity index (χ3n) is 3.84. The highest BCUT2D eigenvalue weighted by Gasteiger charge is 2.22. The summed E-state index contributed by atoms with van der Waals surface area (Å²) in [4.78, 5) is 17.9. The summed E-state index contributed by atoms with van der Waals surface area (Å²) in [5, 5.41) is 8.90. The zero-order chi connectivity index (χ0) is 14.4. The molecule has 1 N–H and O–H groups in total. The van der Waals surface area contributed by atoms with Gasteiger partial charge >= 0.3 is 0 Å². The van der Waals surface area contributed by atoms with Crippen molar-refractivity contribution < 1.29 is 14.6 Å². The monoisotopic (exact) mass is 278 g/mol. The molecule has 2 rings (SSSR count). The second kappa shape index (κ2) is 7.24. The molecule has 0 aliphatic heterocycles. The van der Waals surface area contributed by atoms with Crippen molar-refractivity contribution in [2.24, 2.45) is 0 Å². The highest BCUT2D eigenvalue weighted by molar-refractivity contribution is 5.77. The van der Waals surface area contributed by atoms with E-state index in [1.807, 2.05) is 11.9 Å². The number of amides is 1. The number of aliphatic hydroxyl groups excluding tert-OH is 1. The molecule has 0 radical (unpaired) electrons. The Kier molecular flexibility index (Phi) is 5.35. The molecular weight excluding hydrogens is 256 g/mol. The predicted molar refractivity (Wildman–Crippen MR) is 75.3 cm³/mol. The van der Waals surface area contributed by atoms with E-state index in [9.17, 15) is 4.79 Å². The van der Waals surface area contributed by atoms with E-state index >= 15 is 0 Å². The fraction of sp³-hybridized carbons (Fsp3) is 0.600. The number of carbonyl (C=O) groups excluding carboxylic acids is 1. The smallest absolute Gasteiger partial charge is 0.260 e. The van der Waals surface area contributed by atoms with Crippen LogP contribution >= 0.6 is 0 Å². The van der Waals surface area contributed by atoms with Crippen molar-refractivity contribution in [2.75, 3.05) is 13.7 Å². The van der Waals surface area contributed by atoms with Crippen LogP contribution < -0.4 is 4.74 Å². The number of rotatable bonds is 5. The summed E-state index contributed by atoms with van der Waals surface area (Å²) in [6.07, 6.45) is 7.40. The van der Waals surface area contributed by atoms with Crippen molar-refractivity contribution in [3.63, 3.8) is 0 Å². The molecule has 0 aromatic carbocycles. The molecule has 110 valence electrons. The highest BCUT2D eigenvalue weighted by Crippen LogP contribution is 2.21. The lowest BCUT2D eigenvalue weighted by Gasteiger charge is -2.31. The third-order valence-corrected chi connectivity index (χ3v) is 3.84. The number of ether oxygens (including phenoxy) is 1. The van der Waals surface area contributed by atoms with E-state index in [0.29, 0.717) is 17.5 Å². The van der Waals surface area contributed by atoms with Crippen molar-refractivity contribution in [2.45, 2.75) is 44.8 Å². The summed E-state index contributed by atoms with van der Waals surface area (Å²) in [7, 11) is 1.86. The quantitative estimate of drug-likeness (QED) is 0.891. The van der Waals surface area contributed by atoms with Crippen LogP contribution in [0.25, 0.3) is 0 Å². The summed E-state index contributed by atoms with van der Waals surface area (Å²) >= 11 is 0. The first-order chi connectivity index (χ1) is 9.70. The van der Waals surface area contributed by atoms with E-state index in [1.165, 1.54) is 25.5 Å². The fourth-order valence-corrected chi connectivity index (χ4v) is 2.51. The molecule has 20 heavy (non-hydrogen) atoms. The number of pyridine rings is 1.